The van der Waals surface area contributed by atoms with Crippen molar-refractivity contribution in [2.45, 2.75) is 26.7 Å². The number of halogens is 1. The summed E-state index contributed by atoms with van der Waals surface area (Å²) in [4.78, 5) is 18.1. The van der Waals surface area contributed by atoms with Gasteiger partial charge in [0.15, 0.2) is 0 Å². The molecule has 0 radical (unpaired) electrons. The molecule has 1 heterocycles. The van der Waals surface area contributed by atoms with Crippen molar-refractivity contribution < 1.29 is 0 Å². The molecule has 0 atom stereocenters. The third-order valence-electron chi connectivity index (χ3n) is 3.52. The lowest BCUT2D eigenvalue weighted by atomic mass is 9.92. The van der Waals surface area contributed by atoms with Gasteiger partial charge in [0.2, 0.25) is 0 Å². The quantitative estimate of drug-likeness (QED) is 0.831. The number of anilines is 1. The van der Waals surface area contributed by atoms with E-state index in [0.717, 1.165) is 6.54 Å². The maximum atomic E-state index is 11.4. The van der Waals surface area contributed by atoms with E-state index in [0.29, 0.717) is 20.7 Å². The Morgan fingerprint density at radius 1 is 1.62 bits per heavy atom. The van der Waals surface area contributed by atoms with Crippen LogP contribution in [0.3, 0.4) is 0 Å². The fourth-order valence-corrected chi connectivity index (χ4v) is 2.37. The van der Waals surface area contributed by atoms with Gasteiger partial charge in [0.05, 0.1) is 6.33 Å². The Hall–Kier alpha value is -0.590. The van der Waals surface area contributed by atoms with Crippen LogP contribution in [0.15, 0.2) is 11.1 Å². The highest BCUT2D eigenvalue weighted by Crippen LogP contribution is 2.51. The van der Waals surface area contributed by atoms with Crippen molar-refractivity contribution >= 4 is 28.4 Å². The molecule has 2 rings (SSSR count). The Labute approximate surface area is 108 Å². The average Bonchev–Trinajstić information content (AvgIpc) is 3.01. The minimum absolute atomic E-state index is 0.0764. The van der Waals surface area contributed by atoms with Crippen LogP contribution in [0.5, 0.6) is 0 Å². The maximum Gasteiger partial charge on any atom is 0.266 e. The fourth-order valence-electron chi connectivity index (χ4n) is 1.88. The second kappa shape index (κ2) is 4.35. The molecule has 1 aromatic rings. The van der Waals surface area contributed by atoms with Crippen LogP contribution in [0.1, 0.15) is 26.7 Å². The molecule has 1 aliphatic rings. The Morgan fingerprint density at radius 3 is 2.88 bits per heavy atom. The van der Waals surface area contributed by atoms with Gasteiger partial charge in [-0.25, -0.2) is 4.98 Å². The molecule has 5 heteroatoms. The number of rotatable bonds is 4. The van der Waals surface area contributed by atoms with Crippen LogP contribution in [-0.2, 0) is 0 Å². The molecule has 0 bridgehead atoms. The summed E-state index contributed by atoms with van der Waals surface area (Å²) in [6.07, 6.45) is 4.00. The van der Waals surface area contributed by atoms with Crippen LogP contribution in [0.4, 0.5) is 5.82 Å². The predicted octanol–water partition coefficient (Wildman–Crippen LogP) is 2.22. The van der Waals surface area contributed by atoms with E-state index in [4.69, 9.17) is 0 Å². The number of H-pyrrole nitrogens is 1. The number of hydrogen-bond acceptors (Lipinski definition) is 3. The molecule has 1 saturated carbocycles. The van der Waals surface area contributed by atoms with Gasteiger partial charge in [-0.1, -0.05) is 13.8 Å². The van der Waals surface area contributed by atoms with Crippen LogP contribution >= 0.6 is 22.6 Å². The molecule has 0 amide bonds. The molecule has 0 unspecified atom stereocenters. The van der Waals surface area contributed by atoms with E-state index in [1.807, 2.05) is 22.6 Å². The lowest BCUT2D eigenvalue weighted by molar-refractivity contribution is 0.379. The zero-order valence-electron chi connectivity index (χ0n) is 9.51. The van der Waals surface area contributed by atoms with Gasteiger partial charge in [0, 0.05) is 6.54 Å². The van der Waals surface area contributed by atoms with Crippen molar-refractivity contribution in [2.75, 3.05) is 11.9 Å². The summed E-state index contributed by atoms with van der Waals surface area (Å²) in [5.74, 6) is 1.39. The number of hydrogen-bond donors (Lipinski definition) is 2. The summed E-state index contributed by atoms with van der Waals surface area (Å²) in [5.41, 5.74) is 0.348. The van der Waals surface area contributed by atoms with Gasteiger partial charge in [0.1, 0.15) is 9.39 Å². The molecular weight excluding hydrogens is 317 g/mol. The summed E-state index contributed by atoms with van der Waals surface area (Å²) in [7, 11) is 0. The third-order valence-corrected chi connectivity index (χ3v) is 4.52. The first-order valence-electron chi connectivity index (χ1n) is 5.52. The average molecular weight is 333 g/mol. The van der Waals surface area contributed by atoms with Gasteiger partial charge in [-0.15, -0.1) is 0 Å². The van der Waals surface area contributed by atoms with Gasteiger partial charge in [-0.05, 0) is 46.8 Å². The van der Waals surface area contributed by atoms with Gasteiger partial charge in [-0.3, -0.25) is 4.79 Å². The Bertz CT molecular complexity index is 437. The van der Waals surface area contributed by atoms with Crippen LogP contribution in [0.25, 0.3) is 0 Å². The van der Waals surface area contributed by atoms with E-state index in [-0.39, 0.29) is 5.56 Å². The molecule has 2 N–H and O–H groups in total. The molecule has 4 nitrogen and oxygen atoms in total. The SMILES string of the molecule is CC(C)C1(CNc2nc[nH]c(=O)c2I)CC1. The molecule has 1 aliphatic carbocycles. The van der Waals surface area contributed by atoms with Crippen molar-refractivity contribution in [2.24, 2.45) is 11.3 Å². The molecule has 0 saturated heterocycles. The monoisotopic (exact) mass is 333 g/mol. The van der Waals surface area contributed by atoms with Gasteiger partial charge < -0.3 is 10.3 Å². The maximum absolute atomic E-state index is 11.4. The highest BCUT2D eigenvalue weighted by atomic mass is 127. The first kappa shape index (κ1) is 11.9. The van der Waals surface area contributed by atoms with E-state index in [1.54, 1.807) is 0 Å². The van der Waals surface area contributed by atoms with E-state index in [1.165, 1.54) is 19.2 Å². The second-order valence-electron chi connectivity index (χ2n) is 4.76. The molecular formula is C11H16IN3O. The third kappa shape index (κ3) is 2.23. The zero-order valence-corrected chi connectivity index (χ0v) is 11.7. The largest absolute Gasteiger partial charge is 0.368 e. The molecule has 1 aromatic heterocycles. The van der Waals surface area contributed by atoms with Crippen molar-refractivity contribution in [3.05, 3.63) is 20.3 Å². The summed E-state index contributed by atoms with van der Waals surface area (Å²) in [6.45, 7) is 5.42. The van der Waals surface area contributed by atoms with Crippen LogP contribution in [0.2, 0.25) is 0 Å². The number of nitrogens with zero attached hydrogens (tertiary/aromatic N) is 1. The van der Waals surface area contributed by atoms with Crippen molar-refractivity contribution in [1.29, 1.82) is 0 Å². The summed E-state index contributed by atoms with van der Waals surface area (Å²) < 4.78 is 0.639. The Balaban J connectivity index is 2.06. The minimum atomic E-state index is -0.0764. The van der Waals surface area contributed by atoms with Crippen molar-refractivity contribution in [3.63, 3.8) is 0 Å². The van der Waals surface area contributed by atoms with Crippen molar-refractivity contribution in [3.8, 4) is 0 Å². The Morgan fingerprint density at radius 2 is 2.31 bits per heavy atom. The number of nitrogens with one attached hydrogen (secondary N) is 2. The summed E-state index contributed by atoms with van der Waals surface area (Å²) >= 11 is 2.03. The van der Waals surface area contributed by atoms with Crippen LogP contribution < -0.4 is 10.9 Å². The summed E-state index contributed by atoms with van der Waals surface area (Å²) in [5, 5.41) is 3.30. The second-order valence-corrected chi connectivity index (χ2v) is 5.84. The molecule has 0 spiro atoms. The van der Waals surface area contributed by atoms with Crippen LogP contribution in [-0.4, -0.2) is 16.5 Å². The number of aromatic nitrogens is 2. The number of aromatic amines is 1. The van der Waals surface area contributed by atoms with Gasteiger partial charge in [0.25, 0.3) is 5.56 Å². The topological polar surface area (TPSA) is 57.8 Å². The minimum Gasteiger partial charge on any atom is -0.368 e. The van der Waals surface area contributed by atoms with E-state index >= 15 is 0 Å². The lowest BCUT2D eigenvalue weighted by Gasteiger charge is -2.20. The highest BCUT2D eigenvalue weighted by molar-refractivity contribution is 14.1. The molecule has 88 valence electrons. The first-order valence-corrected chi connectivity index (χ1v) is 6.60. The molecule has 0 aromatic carbocycles. The standard InChI is InChI=1S/C11H16IN3O/c1-7(2)11(3-4-11)5-13-9-8(12)10(16)15-6-14-9/h6-7H,3-5H2,1-2H3,(H2,13,14,15,16). The normalized spacial score (nSPS) is 17.5. The predicted molar refractivity (Wildman–Crippen MR) is 72.6 cm³/mol. The van der Waals surface area contributed by atoms with Gasteiger partial charge in [-0.2, -0.15) is 0 Å². The van der Waals surface area contributed by atoms with Crippen LogP contribution in [0, 0.1) is 14.9 Å². The first-order chi connectivity index (χ1) is 7.55. The zero-order chi connectivity index (χ0) is 11.8. The van der Waals surface area contributed by atoms with Gasteiger partial charge >= 0.3 is 0 Å². The highest BCUT2D eigenvalue weighted by Gasteiger charge is 2.45. The van der Waals surface area contributed by atoms with Crippen molar-refractivity contribution in [1.82, 2.24) is 9.97 Å². The van der Waals surface area contributed by atoms with E-state index < -0.39 is 0 Å². The van der Waals surface area contributed by atoms with E-state index in [2.05, 4.69) is 29.1 Å². The molecule has 16 heavy (non-hydrogen) atoms. The fraction of sp³-hybridized carbons (Fsp3) is 0.636. The lowest BCUT2D eigenvalue weighted by Crippen LogP contribution is -2.23. The molecule has 1 fully saturated rings. The van der Waals surface area contributed by atoms with E-state index in [9.17, 15) is 4.79 Å². The Kier molecular flexibility index (Phi) is 3.23. The smallest absolute Gasteiger partial charge is 0.266 e. The summed E-state index contributed by atoms with van der Waals surface area (Å²) in [6, 6.07) is 0. The molecule has 0 aliphatic heterocycles.